The number of sulfonamides is 1. The van der Waals surface area contributed by atoms with Crippen LogP contribution in [-0.4, -0.2) is 27.5 Å². The zero-order chi connectivity index (χ0) is 13.2. The molecule has 1 saturated heterocycles. The Labute approximate surface area is 113 Å². The van der Waals surface area contributed by atoms with Gasteiger partial charge in [-0.25, -0.2) is 13.1 Å². The number of hydrogen-bond donors (Lipinski definition) is 2. The minimum Gasteiger partial charge on any atom is -0.313 e. The molecular formula is C12H20N2O2S2. The third-order valence-corrected chi connectivity index (χ3v) is 5.86. The van der Waals surface area contributed by atoms with Gasteiger partial charge in [-0.1, -0.05) is 6.42 Å². The molecule has 4 nitrogen and oxygen atoms in total. The quantitative estimate of drug-likeness (QED) is 0.888. The number of aryl methyl sites for hydroxylation is 2. The average molecular weight is 288 g/mol. The molecule has 1 aliphatic heterocycles. The van der Waals surface area contributed by atoms with Gasteiger partial charge in [0.2, 0.25) is 10.0 Å². The molecule has 6 heteroatoms. The van der Waals surface area contributed by atoms with Gasteiger partial charge in [0, 0.05) is 22.3 Å². The molecule has 2 heterocycles. The Hall–Kier alpha value is -0.430. The molecule has 102 valence electrons. The summed E-state index contributed by atoms with van der Waals surface area (Å²) in [5.41, 5.74) is 0. The molecule has 0 amide bonds. The van der Waals surface area contributed by atoms with Crippen LogP contribution in [0.15, 0.2) is 11.0 Å². The second kappa shape index (κ2) is 5.69. The summed E-state index contributed by atoms with van der Waals surface area (Å²) in [4.78, 5) is 2.32. The summed E-state index contributed by atoms with van der Waals surface area (Å²) in [7, 11) is -3.35. The van der Waals surface area contributed by atoms with Gasteiger partial charge in [-0.05, 0) is 39.3 Å². The van der Waals surface area contributed by atoms with Gasteiger partial charge in [-0.2, -0.15) is 0 Å². The summed E-state index contributed by atoms with van der Waals surface area (Å²) in [6.07, 6.45) is 3.41. The van der Waals surface area contributed by atoms with Crippen LogP contribution < -0.4 is 10.0 Å². The van der Waals surface area contributed by atoms with Crippen molar-refractivity contribution < 1.29 is 8.42 Å². The van der Waals surface area contributed by atoms with Crippen molar-refractivity contribution in [2.24, 2.45) is 0 Å². The van der Waals surface area contributed by atoms with Gasteiger partial charge < -0.3 is 5.32 Å². The first kappa shape index (κ1) is 14.0. The first-order valence-corrected chi connectivity index (χ1v) is 8.59. The van der Waals surface area contributed by atoms with E-state index in [0.717, 1.165) is 22.7 Å². The topological polar surface area (TPSA) is 58.2 Å². The zero-order valence-corrected chi connectivity index (χ0v) is 12.5. The molecule has 1 aliphatic rings. The highest BCUT2D eigenvalue weighted by Gasteiger charge is 2.21. The maximum absolute atomic E-state index is 12.2. The summed E-state index contributed by atoms with van der Waals surface area (Å²) in [6.45, 7) is 5.25. The molecule has 1 fully saturated rings. The fourth-order valence-corrected chi connectivity index (χ4v) is 4.89. The van der Waals surface area contributed by atoms with E-state index in [4.69, 9.17) is 0 Å². The average Bonchev–Trinajstić information content (AvgIpc) is 2.68. The molecule has 1 aromatic heterocycles. The van der Waals surface area contributed by atoms with Crippen molar-refractivity contribution in [3.05, 3.63) is 15.8 Å². The van der Waals surface area contributed by atoms with E-state index in [2.05, 4.69) is 10.0 Å². The zero-order valence-electron chi connectivity index (χ0n) is 10.8. The van der Waals surface area contributed by atoms with E-state index >= 15 is 0 Å². The SMILES string of the molecule is Cc1cc(S(=O)(=O)NCC2CCCCN2)c(C)s1. The Morgan fingerprint density at radius 2 is 2.22 bits per heavy atom. The molecule has 0 spiro atoms. The van der Waals surface area contributed by atoms with Crippen LogP contribution in [0, 0.1) is 13.8 Å². The molecule has 0 saturated carbocycles. The Morgan fingerprint density at radius 1 is 1.44 bits per heavy atom. The number of hydrogen-bond acceptors (Lipinski definition) is 4. The standard InChI is InChI=1S/C12H20N2O2S2/c1-9-7-12(10(2)17-9)18(15,16)14-8-11-5-3-4-6-13-11/h7,11,13-14H,3-6,8H2,1-2H3. The van der Waals surface area contributed by atoms with Gasteiger partial charge in [0.25, 0.3) is 0 Å². The predicted octanol–water partition coefficient (Wildman–Crippen LogP) is 1.79. The Bertz CT molecular complexity index is 502. The van der Waals surface area contributed by atoms with Gasteiger partial charge in [-0.15, -0.1) is 11.3 Å². The van der Waals surface area contributed by atoms with Crippen LogP contribution in [0.3, 0.4) is 0 Å². The largest absolute Gasteiger partial charge is 0.313 e. The van der Waals surface area contributed by atoms with E-state index in [9.17, 15) is 8.42 Å². The van der Waals surface area contributed by atoms with Gasteiger partial charge in [0.05, 0.1) is 4.90 Å². The number of nitrogens with one attached hydrogen (secondary N) is 2. The molecule has 1 aromatic rings. The molecule has 1 unspecified atom stereocenters. The van der Waals surface area contributed by atoms with Gasteiger partial charge >= 0.3 is 0 Å². The van der Waals surface area contributed by atoms with Crippen molar-refractivity contribution in [1.29, 1.82) is 0 Å². The van der Waals surface area contributed by atoms with E-state index in [1.165, 1.54) is 24.2 Å². The van der Waals surface area contributed by atoms with Gasteiger partial charge in [-0.3, -0.25) is 0 Å². The van der Waals surface area contributed by atoms with E-state index in [1.807, 2.05) is 13.8 Å². The monoisotopic (exact) mass is 288 g/mol. The molecule has 0 radical (unpaired) electrons. The van der Waals surface area contributed by atoms with Crippen LogP contribution >= 0.6 is 11.3 Å². The fraction of sp³-hybridized carbons (Fsp3) is 0.667. The third kappa shape index (κ3) is 3.32. The summed E-state index contributed by atoms with van der Waals surface area (Å²) < 4.78 is 27.1. The Kier molecular flexibility index (Phi) is 4.42. The summed E-state index contributed by atoms with van der Waals surface area (Å²) in [5.74, 6) is 0. The molecule has 0 bridgehead atoms. The van der Waals surface area contributed by atoms with E-state index in [0.29, 0.717) is 11.4 Å². The lowest BCUT2D eigenvalue weighted by Crippen LogP contribution is -2.43. The summed E-state index contributed by atoms with van der Waals surface area (Å²) in [6, 6.07) is 2.02. The van der Waals surface area contributed by atoms with Crippen molar-refractivity contribution in [2.45, 2.75) is 44.0 Å². The van der Waals surface area contributed by atoms with Crippen molar-refractivity contribution in [2.75, 3.05) is 13.1 Å². The second-order valence-corrected chi connectivity index (χ2v) is 7.97. The molecule has 2 rings (SSSR count). The fourth-order valence-electron chi connectivity index (χ4n) is 2.26. The van der Waals surface area contributed by atoms with Crippen molar-refractivity contribution in [1.82, 2.24) is 10.0 Å². The Balaban J connectivity index is 2.01. The molecule has 1 atom stereocenters. The molecule has 0 aliphatic carbocycles. The van der Waals surface area contributed by atoms with Crippen LogP contribution in [0.25, 0.3) is 0 Å². The minimum atomic E-state index is -3.35. The van der Waals surface area contributed by atoms with Crippen LogP contribution in [0.5, 0.6) is 0 Å². The number of piperidine rings is 1. The lowest BCUT2D eigenvalue weighted by molar-refractivity contribution is 0.398. The first-order valence-electron chi connectivity index (χ1n) is 6.29. The van der Waals surface area contributed by atoms with E-state index < -0.39 is 10.0 Å². The number of thiophene rings is 1. The van der Waals surface area contributed by atoms with Crippen LogP contribution in [-0.2, 0) is 10.0 Å². The molecule has 2 N–H and O–H groups in total. The third-order valence-electron chi connectivity index (χ3n) is 3.22. The van der Waals surface area contributed by atoms with Crippen LogP contribution in [0.4, 0.5) is 0 Å². The van der Waals surface area contributed by atoms with Gasteiger partial charge in [0.1, 0.15) is 0 Å². The maximum Gasteiger partial charge on any atom is 0.241 e. The van der Waals surface area contributed by atoms with Crippen LogP contribution in [0.1, 0.15) is 29.0 Å². The summed E-state index contributed by atoms with van der Waals surface area (Å²) >= 11 is 1.52. The van der Waals surface area contributed by atoms with Crippen LogP contribution in [0.2, 0.25) is 0 Å². The highest BCUT2D eigenvalue weighted by Crippen LogP contribution is 2.24. The lowest BCUT2D eigenvalue weighted by atomic mass is 10.1. The lowest BCUT2D eigenvalue weighted by Gasteiger charge is -2.23. The second-order valence-electron chi connectivity index (χ2n) is 4.78. The first-order chi connectivity index (χ1) is 8.49. The smallest absolute Gasteiger partial charge is 0.241 e. The van der Waals surface area contributed by atoms with E-state index in [1.54, 1.807) is 6.07 Å². The molecular weight excluding hydrogens is 268 g/mol. The number of rotatable bonds is 4. The highest BCUT2D eigenvalue weighted by molar-refractivity contribution is 7.89. The highest BCUT2D eigenvalue weighted by atomic mass is 32.2. The molecule has 0 aromatic carbocycles. The van der Waals surface area contributed by atoms with E-state index in [-0.39, 0.29) is 6.04 Å². The summed E-state index contributed by atoms with van der Waals surface area (Å²) in [5, 5.41) is 3.34. The normalized spacial score (nSPS) is 21.1. The van der Waals surface area contributed by atoms with Crippen molar-refractivity contribution in [3.8, 4) is 0 Å². The Morgan fingerprint density at radius 3 is 2.78 bits per heavy atom. The van der Waals surface area contributed by atoms with Gasteiger partial charge in [0.15, 0.2) is 0 Å². The van der Waals surface area contributed by atoms with Crippen molar-refractivity contribution in [3.63, 3.8) is 0 Å². The predicted molar refractivity (Wildman–Crippen MR) is 74.6 cm³/mol. The maximum atomic E-state index is 12.2. The minimum absolute atomic E-state index is 0.272. The van der Waals surface area contributed by atoms with Crippen molar-refractivity contribution >= 4 is 21.4 Å². The molecule has 18 heavy (non-hydrogen) atoms.